The molecule has 2 atom stereocenters. The molecule has 22 heavy (non-hydrogen) atoms. The van der Waals surface area contributed by atoms with Gasteiger partial charge in [0.25, 0.3) is 0 Å². The van der Waals surface area contributed by atoms with E-state index >= 15 is 0 Å². The number of hydrogen-bond acceptors (Lipinski definition) is 4. The lowest BCUT2D eigenvalue weighted by Crippen LogP contribution is -2.33. The van der Waals surface area contributed by atoms with Crippen LogP contribution in [0.3, 0.4) is 0 Å². The van der Waals surface area contributed by atoms with Gasteiger partial charge in [0.1, 0.15) is 0 Å². The Hall–Kier alpha value is -1.75. The van der Waals surface area contributed by atoms with Crippen molar-refractivity contribution in [2.75, 3.05) is 6.54 Å². The highest BCUT2D eigenvalue weighted by atomic mass is 35.5. The van der Waals surface area contributed by atoms with Crippen LogP contribution < -0.4 is 5.32 Å². The molecule has 0 fully saturated rings. The van der Waals surface area contributed by atoms with Gasteiger partial charge in [0.15, 0.2) is 0 Å². The van der Waals surface area contributed by atoms with Crippen molar-refractivity contribution in [3.05, 3.63) is 41.8 Å². The van der Waals surface area contributed by atoms with Crippen LogP contribution in [-0.4, -0.2) is 24.9 Å². The summed E-state index contributed by atoms with van der Waals surface area (Å²) in [6.07, 6.45) is -1.60. The number of rotatable bonds is 6. The predicted octanol–water partition coefficient (Wildman–Crippen LogP) is 3.53. The molecule has 1 radical (unpaired) electrons. The predicted molar refractivity (Wildman–Crippen MR) is 84.4 cm³/mol. The van der Waals surface area contributed by atoms with Crippen LogP contribution >= 0.6 is 11.6 Å². The van der Waals surface area contributed by atoms with E-state index in [-0.39, 0.29) is 11.8 Å². The van der Waals surface area contributed by atoms with E-state index in [0.717, 1.165) is 5.56 Å². The van der Waals surface area contributed by atoms with E-state index in [0.29, 0.717) is 11.6 Å². The number of hydrogen-bond donors (Lipinski definition) is 1. The Labute approximate surface area is 135 Å². The largest absolute Gasteiger partial charge is 0.425 e. The van der Waals surface area contributed by atoms with Crippen LogP contribution in [0.15, 0.2) is 24.3 Å². The summed E-state index contributed by atoms with van der Waals surface area (Å²) in [5, 5.41) is 3.22. The first-order valence-electron chi connectivity index (χ1n) is 7.03. The van der Waals surface area contributed by atoms with Crippen LogP contribution in [0.2, 0.25) is 5.02 Å². The van der Waals surface area contributed by atoms with Crippen molar-refractivity contribution in [2.45, 2.75) is 33.0 Å². The van der Waals surface area contributed by atoms with Gasteiger partial charge in [0.05, 0.1) is 5.92 Å². The van der Waals surface area contributed by atoms with Crippen LogP contribution in [0.4, 0.5) is 4.79 Å². The number of nitrogens with one attached hydrogen (secondary N) is 1. The normalized spacial score (nSPS) is 13.4. The van der Waals surface area contributed by atoms with E-state index in [1.54, 1.807) is 26.0 Å². The molecule has 1 aromatic carbocycles. The molecule has 1 N–H and O–H groups in total. The zero-order valence-electron chi connectivity index (χ0n) is 13.0. The van der Waals surface area contributed by atoms with Crippen LogP contribution in [0, 0.1) is 12.8 Å². The fourth-order valence-corrected chi connectivity index (χ4v) is 1.70. The summed E-state index contributed by atoms with van der Waals surface area (Å²) >= 11 is 5.81. The van der Waals surface area contributed by atoms with Gasteiger partial charge < -0.3 is 14.8 Å². The van der Waals surface area contributed by atoms with Gasteiger partial charge in [-0.1, -0.05) is 37.6 Å². The maximum absolute atomic E-state index is 11.6. The summed E-state index contributed by atoms with van der Waals surface area (Å²) < 4.78 is 9.87. The highest BCUT2D eigenvalue weighted by Gasteiger charge is 2.17. The third kappa shape index (κ3) is 6.35. The summed E-state index contributed by atoms with van der Waals surface area (Å²) in [7, 11) is 0. The van der Waals surface area contributed by atoms with Crippen LogP contribution in [0.5, 0.6) is 0 Å². The highest BCUT2D eigenvalue weighted by Crippen LogP contribution is 2.17. The molecule has 0 spiro atoms. The third-order valence-electron chi connectivity index (χ3n) is 2.86. The average molecular weight is 327 g/mol. The van der Waals surface area contributed by atoms with E-state index in [1.807, 2.05) is 12.1 Å². The smallest absolute Gasteiger partial charge is 0.410 e. The summed E-state index contributed by atoms with van der Waals surface area (Å²) in [6.45, 7) is 9.15. The molecule has 0 aliphatic heterocycles. The quantitative estimate of drug-likeness (QED) is 0.641. The van der Waals surface area contributed by atoms with Crippen molar-refractivity contribution < 1.29 is 19.1 Å². The topological polar surface area (TPSA) is 64.6 Å². The number of ether oxygens (including phenoxy) is 2. The first-order valence-corrected chi connectivity index (χ1v) is 7.41. The van der Waals surface area contributed by atoms with Gasteiger partial charge >= 0.3 is 12.1 Å². The monoisotopic (exact) mass is 326 g/mol. The minimum atomic E-state index is -0.936. The molecule has 0 saturated heterocycles. The average Bonchev–Trinajstić information content (AvgIpc) is 2.45. The summed E-state index contributed by atoms with van der Waals surface area (Å²) in [5.74, 6) is -0.835. The number of esters is 1. The molecule has 0 aliphatic rings. The van der Waals surface area contributed by atoms with E-state index in [4.69, 9.17) is 21.1 Å². The summed E-state index contributed by atoms with van der Waals surface area (Å²) in [5.41, 5.74) is 0.948. The lowest BCUT2D eigenvalue weighted by atomic mass is 10.0. The van der Waals surface area contributed by atoms with Gasteiger partial charge in [-0.15, -0.1) is 0 Å². The SMILES string of the molecule is [CH2][C@@H](CNC(=O)OC(C)OC(=O)C(C)C)c1ccc(Cl)cc1. The molecular weight excluding hydrogens is 306 g/mol. The molecular formula is C16H21ClNO4. The molecule has 1 rings (SSSR count). The molecule has 1 amide bonds. The zero-order valence-corrected chi connectivity index (χ0v) is 13.7. The number of carbonyl (C=O) groups excluding carboxylic acids is 2. The third-order valence-corrected chi connectivity index (χ3v) is 3.11. The minimum Gasteiger partial charge on any atom is -0.425 e. The summed E-state index contributed by atoms with van der Waals surface area (Å²) in [6, 6.07) is 7.22. The molecule has 1 unspecified atom stereocenters. The molecule has 0 saturated carbocycles. The minimum absolute atomic E-state index is 0.140. The van der Waals surface area contributed by atoms with Crippen molar-refractivity contribution >= 4 is 23.7 Å². The van der Waals surface area contributed by atoms with Gasteiger partial charge in [0.2, 0.25) is 6.29 Å². The highest BCUT2D eigenvalue weighted by molar-refractivity contribution is 6.30. The fraction of sp³-hybridized carbons (Fsp3) is 0.438. The van der Waals surface area contributed by atoms with E-state index < -0.39 is 18.4 Å². The second kappa shape index (κ2) is 8.63. The Morgan fingerprint density at radius 3 is 2.32 bits per heavy atom. The van der Waals surface area contributed by atoms with Crippen molar-refractivity contribution in [1.82, 2.24) is 5.32 Å². The Balaban J connectivity index is 2.36. The van der Waals surface area contributed by atoms with E-state index in [1.165, 1.54) is 6.92 Å². The number of carbonyl (C=O) groups is 2. The number of amides is 1. The molecule has 0 bridgehead atoms. The Morgan fingerprint density at radius 1 is 1.18 bits per heavy atom. The Morgan fingerprint density at radius 2 is 1.77 bits per heavy atom. The van der Waals surface area contributed by atoms with Crippen molar-refractivity contribution in [1.29, 1.82) is 0 Å². The summed E-state index contributed by atoms with van der Waals surface area (Å²) in [4.78, 5) is 23.0. The molecule has 1 aromatic rings. The van der Waals surface area contributed by atoms with Crippen LogP contribution in [0.25, 0.3) is 0 Å². The van der Waals surface area contributed by atoms with Crippen molar-refractivity contribution in [3.63, 3.8) is 0 Å². The fourth-order valence-electron chi connectivity index (χ4n) is 1.58. The molecule has 121 valence electrons. The van der Waals surface area contributed by atoms with Gasteiger partial charge in [0, 0.05) is 24.4 Å². The molecule has 0 aromatic heterocycles. The maximum Gasteiger partial charge on any atom is 0.410 e. The van der Waals surface area contributed by atoms with Gasteiger partial charge in [-0.05, 0) is 24.6 Å². The van der Waals surface area contributed by atoms with Crippen molar-refractivity contribution in [2.24, 2.45) is 5.92 Å². The van der Waals surface area contributed by atoms with E-state index in [9.17, 15) is 9.59 Å². The lowest BCUT2D eigenvalue weighted by molar-refractivity contribution is -0.168. The first kappa shape index (κ1) is 18.3. The second-order valence-electron chi connectivity index (χ2n) is 5.19. The molecule has 6 heteroatoms. The number of benzene rings is 1. The number of alkyl carbamates (subject to hydrolysis) is 1. The zero-order chi connectivity index (χ0) is 16.7. The van der Waals surface area contributed by atoms with E-state index in [2.05, 4.69) is 12.2 Å². The Bertz CT molecular complexity index is 501. The van der Waals surface area contributed by atoms with Crippen LogP contribution in [0.1, 0.15) is 32.3 Å². The van der Waals surface area contributed by atoms with Crippen LogP contribution in [-0.2, 0) is 14.3 Å². The standard InChI is InChI=1S/C16H21ClNO4/c1-10(2)15(19)21-12(4)22-16(20)18-9-11(3)13-5-7-14(17)8-6-13/h5-8,10-12H,3,9H2,1-2,4H3,(H,18,20)/t11-,12?/m0/s1. The molecule has 0 heterocycles. The van der Waals surface area contributed by atoms with Gasteiger partial charge in [-0.2, -0.15) is 0 Å². The first-order chi connectivity index (χ1) is 10.3. The van der Waals surface area contributed by atoms with Gasteiger partial charge in [-0.25, -0.2) is 4.79 Å². The van der Waals surface area contributed by atoms with Crippen molar-refractivity contribution in [3.8, 4) is 0 Å². The number of halogens is 1. The maximum atomic E-state index is 11.6. The Kier molecular flexibility index (Phi) is 7.18. The molecule has 5 nitrogen and oxygen atoms in total. The lowest BCUT2D eigenvalue weighted by Gasteiger charge is -2.17. The van der Waals surface area contributed by atoms with Gasteiger partial charge in [-0.3, -0.25) is 4.79 Å². The molecule has 0 aliphatic carbocycles. The second-order valence-corrected chi connectivity index (χ2v) is 5.63.